The molecule has 0 saturated carbocycles. The van der Waals surface area contributed by atoms with E-state index in [2.05, 4.69) is 5.32 Å². The first-order chi connectivity index (χ1) is 14.4. The molecule has 7 heteroatoms. The van der Waals surface area contributed by atoms with Crippen molar-refractivity contribution < 1.29 is 24.5 Å². The highest BCUT2D eigenvalue weighted by atomic mass is 35.5. The van der Waals surface area contributed by atoms with Crippen LogP contribution in [0.1, 0.15) is 31.2 Å². The van der Waals surface area contributed by atoms with Gasteiger partial charge in [-0.05, 0) is 54.5 Å². The number of aliphatic carboxylic acids is 1. The van der Waals surface area contributed by atoms with Crippen LogP contribution in [-0.2, 0) is 20.7 Å². The van der Waals surface area contributed by atoms with Crippen LogP contribution < -0.4 is 5.32 Å². The Kier molecular flexibility index (Phi) is 7.85. The van der Waals surface area contributed by atoms with Crippen LogP contribution in [-0.4, -0.2) is 46.9 Å². The summed E-state index contributed by atoms with van der Waals surface area (Å²) in [5, 5.41) is 22.4. The van der Waals surface area contributed by atoms with E-state index in [9.17, 15) is 14.7 Å². The monoisotopic (exact) mass is 431 g/mol. The summed E-state index contributed by atoms with van der Waals surface area (Å²) in [5.41, 5.74) is 2.92. The lowest BCUT2D eigenvalue weighted by Gasteiger charge is -2.26. The topological polar surface area (TPSA) is 95.9 Å². The average molecular weight is 432 g/mol. The largest absolute Gasteiger partial charge is 0.479 e. The minimum atomic E-state index is -1.55. The molecule has 1 saturated heterocycles. The Hall–Kier alpha value is -2.41. The van der Waals surface area contributed by atoms with Gasteiger partial charge in [-0.25, -0.2) is 4.79 Å². The molecular weight excluding hydrogens is 406 g/mol. The van der Waals surface area contributed by atoms with Crippen LogP contribution in [0.5, 0.6) is 0 Å². The molecule has 3 N–H and O–H groups in total. The van der Waals surface area contributed by atoms with Gasteiger partial charge in [0.1, 0.15) is 6.10 Å². The fourth-order valence-corrected chi connectivity index (χ4v) is 3.78. The Morgan fingerprint density at radius 3 is 2.53 bits per heavy atom. The molecule has 160 valence electrons. The molecule has 3 rings (SSSR count). The SMILES string of the molecule is O=C(O)C(O)C[C@@H](Cc1ccc(-c2cccc(Cl)c2)cc1)NC(=O)C1CCCCO1. The number of carbonyl (C=O) groups excluding carboxylic acids is 1. The van der Waals surface area contributed by atoms with Crippen LogP contribution in [0.15, 0.2) is 48.5 Å². The van der Waals surface area contributed by atoms with Gasteiger partial charge in [-0.2, -0.15) is 0 Å². The van der Waals surface area contributed by atoms with E-state index in [1.807, 2.05) is 48.5 Å². The van der Waals surface area contributed by atoms with Gasteiger partial charge in [0.25, 0.3) is 0 Å². The van der Waals surface area contributed by atoms with E-state index in [1.54, 1.807) is 0 Å². The summed E-state index contributed by atoms with van der Waals surface area (Å²) in [6.45, 7) is 0.547. The van der Waals surface area contributed by atoms with E-state index in [0.717, 1.165) is 29.5 Å². The molecule has 1 aliphatic rings. The van der Waals surface area contributed by atoms with Crippen molar-refractivity contribution in [3.05, 3.63) is 59.1 Å². The lowest BCUT2D eigenvalue weighted by atomic mass is 9.97. The molecule has 0 radical (unpaired) electrons. The van der Waals surface area contributed by atoms with Gasteiger partial charge in [0.2, 0.25) is 5.91 Å². The van der Waals surface area contributed by atoms with Gasteiger partial charge in [-0.1, -0.05) is 48.0 Å². The van der Waals surface area contributed by atoms with Gasteiger partial charge in [0, 0.05) is 24.1 Å². The summed E-state index contributed by atoms with van der Waals surface area (Å²) in [7, 11) is 0. The van der Waals surface area contributed by atoms with E-state index in [0.29, 0.717) is 24.5 Å². The number of halogens is 1. The molecule has 3 atom stereocenters. The maximum Gasteiger partial charge on any atom is 0.332 e. The first-order valence-corrected chi connectivity index (χ1v) is 10.5. The van der Waals surface area contributed by atoms with Gasteiger partial charge in [0.15, 0.2) is 6.10 Å². The first kappa shape index (κ1) is 22.3. The highest BCUT2D eigenvalue weighted by Crippen LogP contribution is 2.23. The van der Waals surface area contributed by atoms with Crippen molar-refractivity contribution in [2.75, 3.05) is 6.61 Å². The smallest absolute Gasteiger partial charge is 0.332 e. The van der Waals surface area contributed by atoms with Gasteiger partial charge >= 0.3 is 5.97 Å². The molecule has 6 nitrogen and oxygen atoms in total. The lowest BCUT2D eigenvalue weighted by molar-refractivity contribution is -0.148. The normalized spacial score (nSPS) is 18.4. The molecule has 1 fully saturated rings. The van der Waals surface area contributed by atoms with E-state index < -0.39 is 24.2 Å². The quantitative estimate of drug-likeness (QED) is 0.595. The predicted molar refractivity (Wildman–Crippen MR) is 114 cm³/mol. The maximum absolute atomic E-state index is 12.5. The highest BCUT2D eigenvalue weighted by molar-refractivity contribution is 6.30. The summed E-state index contributed by atoms with van der Waals surface area (Å²) in [5.74, 6) is -1.56. The Morgan fingerprint density at radius 1 is 1.13 bits per heavy atom. The second kappa shape index (κ2) is 10.6. The summed E-state index contributed by atoms with van der Waals surface area (Å²) in [6.07, 6.45) is 0.758. The first-order valence-electron chi connectivity index (χ1n) is 10.1. The number of rotatable bonds is 8. The van der Waals surface area contributed by atoms with Crippen LogP contribution in [0, 0.1) is 0 Å². The third-order valence-electron chi connectivity index (χ3n) is 5.21. The number of hydrogen-bond donors (Lipinski definition) is 3. The number of carboxylic acid groups (broad SMARTS) is 1. The second-order valence-electron chi connectivity index (χ2n) is 7.56. The number of aliphatic hydroxyl groups excluding tert-OH is 1. The molecule has 0 spiro atoms. The Morgan fingerprint density at radius 2 is 1.90 bits per heavy atom. The molecular formula is C23H26ClNO5. The van der Waals surface area contributed by atoms with Gasteiger partial charge < -0.3 is 20.3 Å². The number of hydrogen-bond acceptors (Lipinski definition) is 4. The molecule has 2 aromatic rings. The number of nitrogens with one attached hydrogen (secondary N) is 1. The number of amides is 1. The lowest BCUT2D eigenvalue weighted by Crippen LogP contribution is -2.46. The van der Waals surface area contributed by atoms with Crippen molar-refractivity contribution in [1.29, 1.82) is 0 Å². The Balaban J connectivity index is 1.69. The fraction of sp³-hybridized carbons (Fsp3) is 0.391. The van der Waals surface area contributed by atoms with Crippen molar-refractivity contribution in [1.82, 2.24) is 5.32 Å². The number of carboxylic acids is 1. The van der Waals surface area contributed by atoms with E-state index >= 15 is 0 Å². The predicted octanol–water partition coefficient (Wildman–Crippen LogP) is 3.44. The molecule has 1 heterocycles. The molecule has 1 amide bonds. The fourth-order valence-electron chi connectivity index (χ4n) is 3.59. The average Bonchev–Trinajstić information content (AvgIpc) is 2.74. The molecule has 0 aliphatic carbocycles. The standard InChI is InChI=1S/C23H26ClNO5/c24-18-5-3-4-17(13-18)16-9-7-15(8-10-16)12-19(14-20(26)23(28)29)25-22(27)21-6-1-2-11-30-21/h3-5,7-10,13,19-21,26H,1-2,6,11-12,14H2,(H,25,27)(H,28,29)/t19-,20?,21?/m1/s1. The minimum Gasteiger partial charge on any atom is -0.479 e. The third kappa shape index (κ3) is 6.29. The van der Waals surface area contributed by atoms with Crippen molar-refractivity contribution in [2.24, 2.45) is 0 Å². The van der Waals surface area contributed by atoms with Crippen LogP contribution in [0.25, 0.3) is 11.1 Å². The summed E-state index contributed by atoms with van der Waals surface area (Å²) >= 11 is 6.06. The van der Waals surface area contributed by atoms with Crippen LogP contribution >= 0.6 is 11.6 Å². The molecule has 30 heavy (non-hydrogen) atoms. The third-order valence-corrected chi connectivity index (χ3v) is 5.44. The van der Waals surface area contributed by atoms with Crippen LogP contribution in [0.2, 0.25) is 5.02 Å². The van der Waals surface area contributed by atoms with Crippen LogP contribution in [0.3, 0.4) is 0 Å². The van der Waals surface area contributed by atoms with Crippen molar-refractivity contribution in [3.8, 4) is 11.1 Å². The molecule has 2 unspecified atom stereocenters. The van der Waals surface area contributed by atoms with E-state index in [1.165, 1.54) is 0 Å². The highest BCUT2D eigenvalue weighted by Gasteiger charge is 2.27. The molecule has 0 bridgehead atoms. The zero-order valence-corrected chi connectivity index (χ0v) is 17.3. The van der Waals surface area contributed by atoms with Gasteiger partial charge in [-0.15, -0.1) is 0 Å². The Labute approximate surface area is 180 Å². The van der Waals surface area contributed by atoms with Crippen LogP contribution in [0.4, 0.5) is 0 Å². The summed E-state index contributed by atoms with van der Waals surface area (Å²) in [6, 6.07) is 14.8. The molecule has 1 aliphatic heterocycles. The van der Waals surface area contributed by atoms with Crippen molar-refractivity contribution >= 4 is 23.5 Å². The number of ether oxygens (including phenoxy) is 1. The number of aliphatic hydroxyl groups is 1. The number of benzene rings is 2. The molecule has 0 aromatic heterocycles. The Bertz CT molecular complexity index is 864. The number of carbonyl (C=O) groups is 2. The summed E-state index contributed by atoms with van der Waals surface area (Å²) in [4.78, 5) is 23.6. The van der Waals surface area contributed by atoms with Crippen molar-refractivity contribution in [2.45, 2.75) is 50.4 Å². The maximum atomic E-state index is 12.5. The van der Waals surface area contributed by atoms with Gasteiger partial charge in [-0.3, -0.25) is 4.79 Å². The van der Waals surface area contributed by atoms with E-state index in [4.69, 9.17) is 21.4 Å². The summed E-state index contributed by atoms with van der Waals surface area (Å²) < 4.78 is 5.52. The minimum absolute atomic E-state index is 0.0795. The van der Waals surface area contributed by atoms with Crippen molar-refractivity contribution in [3.63, 3.8) is 0 Å². The van der Waals surface area contributed by atoms with Gasteiger partial charge in [0.05, 0.1) is 0 Å². The molecule has 2 aromatic carbocycles. The zero-order chi connectivity index (χ0) is 21.5. The second-order valence-corrected chi connectivity index (χ2v) is 8.00. The van der Waals surface area contributed by atoms with E-state index in [-0.39, 0.29) is 12.3 Å². The zero-order valence-electron chi connectivity index (χ0n) is 16.6.